The zero-order valence-corrected chi connectivity index (χ0v) is 19.9. The second kappa shape index (κ2) is 12.0. The van der Waals surface area contributed by atoms with Gasteiger partial charge in [-0.3, -0.25) is 14.5 Å². The van der Waals surface area contributed by atoms with Crippen LogP contribution in [-0.2, 0) is 22.7 Å². The molecule has 0 unspecified atom stereocenters. The average molecular weight is 468 g/mol. The first kappa shape index (κ1) is 24.3. The number of carbonyl (C=O) groups excluding carboxylic acids is 2. The predicted molar refractivity (Wildman–Crippen MR) is 131 cm³/mol. The van der Waals surface area contributed by atoms with E-state index in [-0.39, 0.29) is 24.9 Å². The van der Waals surface area contributed by atoms with Gasteiger partial charge in [0.2, 0.25) is 11.8 Å². The molecule has 0 atom stereocenters. The third kappa shape index (κ3) is 7.34. The van der Waals surface area contributed by atoms with Gasteiger partial charge in [0.05, 0.1) is 33.0 Å². The van der Waals surface area contributed by atoms with Crippen molar-refractivity contribution in [3.63, 3.8) is 0 Å². The van der Waals surface area contributed by atoms with E-state index in [1.54, 1.807) is 31.6 Å². The number of carbonyl (C=O) groups is 2. The molecule has 2 aromatic carbocycles. The molecule has 0 aliphatic carbocycles. The maximum atomic E-state index is 12.7. The zero-order chi connectivity index (χ0) is 23.6. The number of rotatable bonds is 11. The Bertz CT molecular complexity index is 1070. The van der Waals surface area contributed by atoms with Crippen LogP contribution in [0.1, 0.15) is 16.0 Å². The summed E-state index contributed by atoms with van der Waals surface area (Å²) < 4.78 is 10.7. The predicted octanol–water partition coefficient (Wildman–Crippen LogP) is 3.83. The molecule has 0 aliphatic rings. The van der Waals surface area contributed by atoms with Crippen molar-refractivity contribution in [2.24, 2.45) is 0 Å². The summed E-state index contributed by atoms with van der Waals surface area (Å²) in [6.45, 7) is 3.12. The molecule has 33 heavy (non-hydrogen) atoms. The lowest BCUT2D eigenvalue weighted by Crippen LogP contribution is -2.40. The number of hydrogen-bond acceptors (Lipinski definition) is 6. The number of amides is 2. The van der Waals surface area contributed by atoms with Crippen LogP contribution in [0.15, 0.2) is 60.0 Å². The maximum Gasteiger partial charge on any atom is 0.243 e. The molecule has 0 bridgehead atoms. The fraction of sp³-hybridized carbons (Fsp3) is 0.280. The van der Waals surface area contributed by atoms with Gasteiger partial charge in [-0.1, -0.05) is 30.3 Å². The highest BCUT2D eigenvalue weighted by atomic mass is 32.1. The van der Waals surface area contributed by atoms with Crippen LogP contribution in [0, 0.1) is 6.92 Å². The third-order valence-corrected chi connectivity index (χ3v) is 5.85. The van der Waals surface area contributed by atoms with Crippen LogP contribution >= 0.6 is 11.3 Å². The van der Waals surface area contributed by atoms with Gasteiger partial charge in [0.15, 0.2) is 0 Å². The second-order valence-electron chi connectivity index (χ2n) is 7.57. The normalized spacial score (nSPS) is 10.7. The Balaban J connectivity index is 1.59. The second-order valence-corrected chi connectivity index (χ2v) is 8.60. The highest BCUT2D eigenvalue weighted by Gasteiger charge is 2.16. The van der Waals surface area contributed by atoms with Crippen LogP contribution in [-0.4, -0.2) is 44.0 Å². The molecule has 3 rings (SSSR count). The monoisotopic (exact) mass is 467 g/mol. The Morgan fingerprint density at radius 2 is 1.73 bits per heavy atom. The van der Waals surface area contributed by atoms with E-state index in [1.807, 2.05) is 65.7 Å². The molecule has 174 valence electrons. The lowest BCUT2D eigenvalue weighted by atomic mass is 10.2. The van der Waals surface area contributed by atoms with Crippen molar-refractivity contribution in [2.45, 2.75) is 20.0 Å². The lowest BCUT2D eigenvalue weighted by molar-refractivity contribution is -0.125. The molecule has 7 nitrogen and oxygen atoms in total. The highest BCUT2D eigenvalue weighted by molar-refractivity contribution is 7.09. The minimum atomic E-state index is -0.318. The zero-order valence-electron chi connectivity index (χ0n) is 19.1. The molecule has 0 radical (unpaired) electrons. The van der Waals surface area contributed by atoms with Gasteiger partial charge in [-0.05, 0) is 42.1 Å². The fourth-order valence-electron chi connectivity index (χ4n) is 3.42. The van der Waals surface area contributed by atoms with E-state index in [0.29, 0.717) is 24.5 Å². The lowest BCUT2D eigenvalue weighted by Gasteiger charge is -2.22. The van der Waals surface area contributed by atoms with Gasteiger partial charge < -0.3 is 20.1 Å². The summed E-state index contributed by atoms with van der Waals surface area (Å²) in [4.78, 5) is 28.3. The molecule has 1 heterocycles. The van der Waals surface area contributed by atoms with Crippen molar-refractivity contribution in [1.82, 2.24) is 10.2 Å². The van der Waals surface area contributed by atoms with Crippen molar-refractivity contribution in [2.75, 3.05) is 32.6 Å². The minimum Gasteiger partial charge on any atom is -0.496 e. The van der Waals surface area contributed by atoms with Gasteiger partial charge in [-0.15, -0.1) is 11.3 Å². The Morgan fingerprint density at radius 3 is 2.45 bits per heavy atom. The topological polar surface area (TPSA) is 79.9 Å². The van der Waals surface area contributed by atoms with Gasteiger partial charge in [-0.2, -0.15) is 0 Å². The molecule has 0 spiro atoms. The van der Waals surface area contributed by atoms with E-state index in [9.17, 15) is 9.59 Å². The molecule has 0 aliphatic heterocycles. The first-order valence-corrected chi connectivity index (χ1v) is 11.4. The SMILES string of the molecule is COc1ccccc1CN(CC(=O)NCC(=O)Nc1cc(C)ccc1OC)Cc1cccs1. The standard InChI is InChI=1S/C25H29N3O4S/c1-18-10-11-23(32-3)21(13-18)27-24(29)14-26-25(30)17-28(16-20-8-6-12-33-20)15-19-7-4-5-9-22(19)31-2/h4-13H,14-17H2,1-3H3,(H,26,30)(H,27,29). The summed E-state index contributed by atoms with van der Waals surface area (Å²) in [6.07, 6.45) is 0. The molecule has 0 fully saturated rings. The van der Waals surface area contributed by atoms with Gasteiger partial charge in [0, 0.05) is 23.5 Å². The Kier molecular flexibility index (Phi) is 8.86. The summed E-state index contributed by atoms with van der Waals surface area (Å²) in [6, 6.07) is 17.3. The van der Waals surface area contributed by atoms with Crippen molar-refractivity contribution < 1.29 is 19.1 Å². The number of hydrogen-bond donors (Lipinski definition) is 2. The van der Waals surface area contributed by atoms with Gasteiger partial charge in [0.25, 0.3) is 0 Å². The molecule has 8 heteroatoms. The number of thiophene rings is 1. The number of nitrogens with zero attached hydrogens (tertiary/aromatic N) is 1. The first-order chi connectivity index (χ1) is 16.0. The number of nitrogens with one attached hydrogen (secondary N) is 2. The summed E-state index contributed by atoms with van der Waals surface area (Å²) >= 11 is 1.64. The van der Waals surface area contributed by atoms with Crippen molar-refractivity contribution in [3.8, 4) is 11.5 Å². The minimum absolute atomic E-state index is 0.128. The number of para-hydroxylation sites is 1. The molecule has 1 aromatic heterocycles. The average Bonchev–Trinajstić information content (AvgIpc) is 3.31. The van der Waals surface area contributed by atoms with Crippen molar-refractivity contribution in [3.05, 3.63) is 76.0 Å². The largest absolute Gasteiger partial charge is 0.496 e. The number of anilines is 1. The number of aryl methyl sites for hydroxylation is 1. The fourth-order valence-corrected chi connectivity index (χ4v) is 4.16. The molecular formula is C25H29N3O4S. The number of ether oxygens (including phenoxy) is 2. The number of methoxy groups -OCH3 is 2. The Labute approximate surface area is 198 Å². The van der Waals surface area contributed by atoms with Crippen molar-refractivity contribution >= 4 is 28.8 Å². The highest BCUT2D eigenvalue weighted by Crippen LogP contribution is 2.25. The Morgan fingerprint density at radius 1 is 0.939 bits per heavy atom. The van der Waals surface area contributed by atoms with E-state index in [4.69, 9.17) is 9.47 Å². The van der Waals surface area contributed by atoms with Crippen LogP contribution in [0.25, 0.3) is 0 Å². The van der Waals surface area contributed by atoms with E-state index >= 15 is 0 Å². The molecular weight excluding hydrogens is 438 g/mol. The van der Waals surface area contributed by atoms with E-state index in [0.717, 1.165) is 21.8 Å². The molecule has 0 saturated heterocycles. The smallest absolute Gasteiger partial charge is 0.243 e. The van der Waals surface area contributed by atoms with Crippen LogP contribution in [0.5, 0.6) is 11.5 Å². The van der Waals surface area contributed by atoms with Crippen LogP contribution in [0.2, 0.25) is 0 Å². The molecule has 2 N–H and O–H groups in total. The molecule has 3 aromatic rings. The molecule has 2 amide bonds. The van der Waals surface area contributed by atoms with Crippen LogP contribution < -0.4 is 20.1 Å². The van der Waals surface area contributed by atoms with E-state index in [1.165, 1.54) is 0 Å². The van der Waals surface area contributed by atoms with E-state index < -0.39 is 0 Å². The van der Waals surface area contributed by atoms with Gasteiger partial charge >= 0.3 is 0 Å². The van der Waals surface area contributed by atoms with Crippen LogP contribution in [0.4, 0.5) is 5.69 Å². The third-order valence-electron chi connectivity index (χ3n) is 4.99. The first-order valence-electron chi connectivity index (χ1n) is 10.6. The van der Waals surface area contributed by atoms with Gasteiger partial charge in [-0.25, -0.2) is 0 Å². The number of benzene rings is 2. The molecule has 0 saturated carbocycles. The van der Waals surface area contributed by atoms with E-state index in [2.05, 4.69) is 10.6 Å². The van der Waals surface area contributed by atoms with Crippen molar-refractivity contribution in [1.29, 1.82) is 0 Å². The summed E-state index contributed by atoms with van der Waals surface area (Å²) in [5.41, 5.74) is 2.57. The Hall–Kier alpha value is -3.36. The van der Waals surface area contributed by atoms with Crippen LogP contribution in [0.3, 0.4) is 0 Å². The maximum absolute atomic E-state index is 12.7. The summed E-state index contributed by atoms with van der Waals surface area (Å²) in [5.74, 6) is 0.800. The quantitative estimate of drug-likeness (QED) is 0.448. The summed E-state index contributed by atoms with van der Waals surface area (Å²) in [5, 5.41) is 7.53. The summed E-state index contributed by atoms with van der Waals surface area (Å²) in [7, 11) is 3.18. The van der Waals surface area contributed by atoms with Gasteiger partial charge in [0.1, 0.15) is 11.5 Å².